The molecule has 1 aliphatic carbocycles. The molecule has 3 heterocycles. The summed E-state index contributed by atoms with van der Waals surface area (Å²) in [6, 6.07) is 6.63. The second kappa shape index (κ2) is 8.69. The van der Waals surface area contributed by atoms with E-state index in [1.165, 1.54) is 13.2 Å². The molecule has 34 heavy (non-hydrogen) atoms. The first kappa shape index (κ1) is 21.2. The highest BCUT2D eigenvalue weighted by Gasteiger charge is 2.26. The molecule has 0 spiro atoms. The molecule has 2 aromatic heterocycles. The largest absolute Gasteiger partial charge is 0.482 e. The second-order valence-electron chi connectivity index (χ2n) is 7.61. The summed E-state index contributed by atoms with van der Waals surface area (Å²) >= 11 is 0. The van der Waals surface area contributed by atoms with Crippen LogP contribution in [0.3, 0.4) is 0 Å². The molecular formula is C21H20N8O5. The van der Waals surface area contributed by atoms with E-state index in [2.05, 4.69) is 41.1 Å². The molecule has 1 aromatic carbocycles. The number of fused-ring (bicyclic) bond motifs is 1. The second-order valence-corrected chi connectivity index (χ2v) is 7.61. The summed E-state index contributed by atoms with van der Waals surface area (Å²) in [6.45, 7) is -0.183. The number of methoxy groups -OCH3 is 1. The summed E-state index contributed by atoms with van der Waals surface area (Å²) in [5.41, 5.74) is 1.77. The van der Waals surface area contributed by atoms with E-state index < -0.39 is 17.9 Å². The smallest absolute Gasteiger partial charge is 0.343 e. The van der Waals surface area contributed by atoms with E-state index in [9.17, 15) is 14.4 Å². The van der Waals surface area contributed by atoms with Crippen LogP contribution < -0.4 is 26.0 Å². The standard InChI is InChI=1S/C21H20N8O5/c1-33-16(30)10-34-14-6-4-12(5-7-14)23-19-26-17-11(8-15-18(31)27-21(32)25-15)9-22-29(17)20(28-19)24-13-2-3-13/h4-9,13H,2-3,10H2,1H3,(H2,23,24,26,28)(H2,25,27,31,32)/b15-8-. The van der Waals surface area contributed by atoms with Crippen LogP contribution >= 0.6 is 0 Å². The number of aromatic nitrogens is 4. The molecule has 0 unspecified atom stereocenters. The predicted molar refractivity (Wildman–Crippen MR) is 119 cm³/mol. The molecule has 13 heteroatoms. The lowest BCUT2D eigenvalue weighted by molar-refractivity contribution is -0.142. The monoisotopic (exact) mass is 464 g/mol. The lowest BCUT2D eigenvalue weighted by atomic mass is 10.2. The minimum absolute atomic E-state index is 0.104. The van der Waals surface area contributed by atoms with Gasteiger partial charge in [-0.1, -0.05) is 0 Å². The van der Waals surface area contributed by atoms with Gasteiger partial charge in [-0.05, 0) is 43.2 Å². The molecule has 0 bridgehead atoms. The van der Waals surface area contributed by atoms with Gasteiger partial charge in [0.05, 0.1) is 13.3 Å². The number of nitrogens with zero attached hydrogens (tertiary/aromatic N) is 4. The van der Waals surface area contributed by atoms with E-state index in [1.807, 2.05) is 0 Å². The summed E-state index contributed by atoms with van der Waals surface area (Å²) < 4.78 is 11.5. The molecule has 0 radical (unpaired) electrons. The third kappa shape index (κ3) is 4.57. The number of nitrogens with one attached hydrogen (secondary N) is 4. The number of carbonyl (C=O) groups is 3. The van der Waals surface area contributed by atoms with Crippen molar-refractivity contribution in [1.29, 1.82) is 0 Å². The highest BCUT2D eigenvalue weighted by molar-refractivity contribution is 6.14. The van der Waals surface area contributed by atoms with Gasteiger partial charge < -0.3 is 25.4 Å². The predicted octanol–water partition coefficient (Wildman–Crippen LogP) is 1.17. The van der Waals surface area contributed by atoms with Crippen molar-refractivity contribution in [3.05, 3.63) is 41.7 Å². The van der Waals surface area contributed by atoms with Crippen LogP contribution in [0.4, 0.5) is 22.4 Å². The van der Waals surface area contributed by atoms with Gasteiger partial charge in [-0.15, -0.1) is 0 Å². The fourth-order valence-corrected chi connectivity index (χ4v) is 3.16. The Balaban J connectivity index is 1.42. The molecule has 5 rings (SSSR count). The van der Waals surface area contributed by atoms with Gasteiger partial charge in [0, 0.05) is 17.3 Å². The molecular weight excluding hydrogens is 444 g/mol. The van der Waals surface area contributed by atoms with Crippen molar-refractivity contribution in [1.82, 2.24) is 30.2 Å². The number of urea groups is 1. The minimum Gasteiger partial charge on any atom is -0.482 e. The van der Waals surface area contributed by atoms with Gasteiger partial charge in [-0.25, -0.2) is 9.59 Å². The summed E-state index contributed by atoms with van der Waals surface area (Å²) in [5.74, 6) is 0.310. The van der Waals surface area contributed by atoms with Crippen LogP contribution in [-0.4, -0.2) is 57.2 Å². The van der Waals surface area contributed by atoms with Gasteiger partial charge in [0.25, 0.3) is 5.91 Å². The molecule has 0 atom stereocenters. The zero-order chi connectivity index (χ0) is 23.7. The van der Waals surface area contributed by atoms with Crippen molar-refractivity contribution in [2.24, 2.45) is 0 Å². The number of benzene rings is 1. The Labute approximate surface area is 192 Å². The van der Waals surface area contributed by atoms with Gasteiger partial charge in [0.2, 0.25) is 11.9 Å². The quantitative estimate of drug-likeness (QED) is 0.216. The Morgan fingerprint density at radius 2 is 2.00 bits per heavy atom. The van der Waals surface area contributed by atoms with E-state index in [-0.39, 0.29) is 12.3 Å². The third-order valence-corrected chi connectivity index (χ3v) is 5.02. The van der Waals surface area contributed by atoms with E-state index in [4.69, 9.17) is 4.74 Å². The Hall–Kier alpha value is -4.68. The van der Waals surface area contributed by atoms with Crippen LogP contribution in [0.15, 0.2) is 36.2 Å². The van der Waals surface area contributed by atoms with Crippen LogP contribution in [-0.2, 0) is 14.3 Å². The van der Waals surface area contributed by atoms with E-state index >= 15 is 0 Å². The first-order valence-electron chi connectivity index (χ1n) is 10.4. The summed E-state index contributed by atoms with van der Waals surface area (Å²) in [5, 5.41) is 15.4. The van der Waals surface area contributed by atoms with Gasteiger partial charge in [0.1, 0.15) is 11.4 Å². The van der Waals surface area contributed by atoms with E-state index in [0.29, 0.717) is 40.6 Å². The lowest BCUT2D eigenvalue weighted by Gasteiger charge is -2.11. The van der Waals surface area contributed by atoms with Crippen LogP contribution in [0, 0.1) is 0 Å². The van der Waals surface area contributed by atoms with Crippen molar-refractivity contribution < 1.29 is 23.9 Å². The summed E-state index contributed by atoms with van der Waals surface area (Å²) in [7, 11) is 1.29. The molecule has 2 aliphatic rings. The maximum absolute atomic E-state index is 11.9. The average molecular weight is 464 g/mol. The maximum Gasteiger partial charge on any atom is 0.343 e. The van der Waals surface area contributed by atoms with E-state index in [1.54, 1.807) is 35.0 Å². The molecule has 3 amide bonds. The number of imide groups is 1. The van der Waals surface area contributed by atoms with Crippen LogP contribution in [0.25, 0.3) is 11.7 Å². The lowest BCUT2D eigenvalue weighted by Crippen LogP contribution is -2.22. The number of carbonyl (C=O) groups excluding carboxylic acids is 3. The normalized spacial score (nSPS) is 16.3. The number of ether oxygens (including phenoxy) is 2. The highest BCUT2D eigenvalue weighted by atomic mass is 16.6. The number of amides is 3. The van der Waals surface area contributed by atoms with Crippen LogP contribution in [0.1, 0.15) is 18.4 Å². The third-order valence-electron chi connectivity index (χ3n) is 5.02. The summed E-state index contributed by atoms with van der Waals surface area (Å²) in [4.78, 5) is 43.7. The molecule has 1 saturated carbocycles. The molecule has 1 aliphatic heterocycles. The Kier molecular flexibility index (Phi) is 5.41. The van der Waals surface area contributed by atoms with E-state index in [0.717, 1.165) is 12.8 Å². The first-order valence-corrected chi connectivity index (χ1v) is 10.4. The number of anilines is 3. The van der Waals surface area contributed by atoms with Crippen LogP contribution in [0.5, 0.6) is 5.75 Å². The maximum atomic E-state index is 11.9. The van der Waals surface area contributed by atoms with Crippen molar-refractivity contribution in [3.8, 4) is 5.75 Å². The molecule has 3 aromatic rings. The Morgan fingerprint density at radius 3 is 2.68 bits per heavy atom. The molecule has 13 nitrogen and oxygen atoms in total. The number of esters is 1. The molecule has 2 fully saturated rings. The Bertz CT molecular complexity index is 1310. The van der Waals surface area contributed by atoms with Crippen molar-refractivity contribution in [2.45, 2.75) is 18.9 Å². The van der Waals surface area contributed by atoms with Crippen molar-refractivity contribution in [3.63, 3.8) is 0 Å². The van der Waals surface area contributed by atoms with Crippen LogP contribution in [0.2, 0.25) is 0 Å². The van der Waals surface area contributed by atoms with Gasteiger partial charge in [0.15, 0.2) is 12.3 Å². The van der Waals surface area contributed by atoms with Crippen molar-refractivity contribution in [2.75, 3.05) is 24.4 Å². The number of hydrogen-bond donors (Lipinski definition) is 4. The topological polar surface area (TPSA) is 161 Å². The fraction of sp³-hybridized carbons (Fsp3) is 0.238. The first-order chi connectivity index (χ1) is 16.5. The summed E-state index contributed by atoms with van der Waals surface area (Å²) in [6.07, 6.45) is 5.12. The van der Waals surface area contributed by atoms with Gasteiger partial charge in [-0.3, -0.25) is 10.1 Å². The molecule has 1 saturated heterocycles. The fourth-order valence-electron chi connectivity index (χ4n) is 3.16. The van der Waals surface area contributed by atoms with Gasteiger partial charge in [-0.2, -0.15) is 19.6 Å². The average Bonchev–Trinajstić information content (AvgIpc) is 3.46. The zero-order valence-corrected chi connectivity index (χ0v) is 18.0. The molecule has 4 N–H and O–H groups in total. The molecule has 174 valence electrons. The van der Waals surface area contributed by atoms with Gasteiger partial charge >= 0.3 is 12.0 Å². The zero-order valence-electron chi connectivity index (χ0n) is 18.0. The number of rotatable bonds is 8. The minimum atomic E-state index is -0.584. The van der Waals surface area contributed by atoms with Crippen molar-refractivity contribution >= 4 is 47.2 Å². The SMILES string of the molecule is COC(=O)COc1ccc(Nc2nc(NC3CC3)n3ncc(/C=C4\NC(=O)NC4=O)c3n2)cc1. The Morgan fingerprint density at radius 1 is 1.21 bits per heavy atom. The highest BCUT2D eigenvalue weighted by Crippen LogP contribution is 2.26. The number of hydrogen-bond acceptors (Lipinski definition) is 10.